The van der Waals surface area contributed by atoms with Crippen LogP contribution in [0.25, 0.3) is 0 Å². The van der Waals surface area contributed by atoms with Crippen molar-refractivity contribution in [1.29, 1.82) is 0 Å². The van der Waals surface area contributed by atoms with Crippen molar-refractivity contribution >= 4 is 33.4 Å². The van der Waals surface area contributed by atoms with E-state index in [4.69, 9.17) is 4.74 Å². The molecule has 0 bridgehead atoms. The summed E-state index contributed by atoms with van der Waals surface area (Å²) in [5.74, 6) is 1.04. The number of carbonyl (C=O) groups is 1. The van der Waals surface area contributed by atoms with Crippen molar-refractivity contribution in [3.05, 3.63) is 36.0 Å². The number of nitrogens with one attached hydrogen (secondary N) is 4. The second-order valence-corrected chi connectivity index (χ2v) is 11.3. The minimum atomic E-state index is -3.60. The van der Waals surface area contributed by atoms with Crippen molar-refractivity contribution in [3.63, 3.8) is 0 Å². The summed E-state index contributed by atoms with van der Waals surface area (Å²) in [5.41, 5.74) is 0.813. The molecule has 2 aliphatic rings. The Morgan fingerprint density at radius 1 is 1.19 bits per heavy atom. The molecule has 0 radical (unpaired) electrons. The summed E-state index contributed by atoms with van der Waals surface area (Å²) in [6.07, 6.45) is 5.83. The van der Waals surface area contributed by atoms with Crippen molar-refractivity contribution in [2.45, 2.75) is 37.5 Å². The second-order valence-electron chi connectivity index (χ2n) is 9.32. The van der Waals surface area contributed by atoms with Crippen LogP contribution in [0.5, 0.6) is 0 Å². The van der Waals surface area contributed by atoms with Gasteiger partial charge in [-0.2, -0.15) is 9.29 Å². The molecule has 0 spiro atoms. The Kier molecular flexibility index (Phi) is 9.67. The smallest absolute Gasteiger partial charge is 0.260 e. The summed E-state index contributed by atoms with van der Waals surface area (Å²) in [7, 11) is -3.60. The lowest BCUT2D eigenvalue weighted by Crippen LogP contribution is -2.40. The lowest BCUT2D eigenvalue weighted by Gasteiger charge is -2.26. The van der Waals surface area contributed by atoms with Gasteiger partial charge in [0.1, 0.15) is 11.4 Å². The van der Waals surface area contributed by atoms with Crippen LogP contribution in [-0.2, 0) is 14.8 Å². The molecule has 2 saturated heterocycles. The van der Waals surface area contributed by atoms with Gasteiger partial charge in [-0.3, -0.25) is 4.79 Å². The zero-order valence-corrected chi connectivity index (χ0v) is 22.1. The molecule has 0 unspecified atom stereocenters. The number of unbranched alkanes of at least 4 members (excludes halogenated alkanes) is 1. The Morgan fingerprint density at radius 3 is 2.68 bits per heavy atom. The van der Waals surface area contributed by atoms with E-state index >= 15 is 0 Å². The number of anilines is 3. The van der Waals surface area contributed by atoms with Gasteiger partial charge in [0.05, 0.1) is 18.1 Å². The van der Waals surface area contributed by atoms with Crippen LogP contribution in [0.15, 0.2) is 35.4 Å². The molecule has 2 fully saturated rings. The first-order chi connectivity index (χ1) is 18.0. The number of sulfonamides is 1. The standard InChI is InChI=1S/C25H37N7O4S/c1-2-3-11-27-25-29-18-22(23(31-25)28-17-19-5-4-10-26-16-19)24(33)30-20-6-8-21(9-7-20)37(34,35)32-12-14-36-15-13-32/h6-9,18-19,26H,2-5,10-17H2,1H3,(H,30,33)(H2,27,28,29,31)/t19-/m1/s1. The van der Waals surface area contributed by atoms with Crippen LogP contribution in [0, 0.1) is 5.92 Å². The molecular weight excluding hydrogens is 494 g/mol. The number of hydrogen-bond donors (Lipinski definition) is 4. The summed E-state index contributed by atoms with van der Waals surface area (Å²) < 4.78 is 32.4. The number of morpholine rings is 1. The topological polar surface area (TPSA) is 138 Å². The summed E-state index contributed by atoms with van der Waals surface area (Å²) in [4.78, 5) is 22.3. The number of hydrogen-bond acceptors (Lipinski definition) is 9. The second kappa shape index (κ2) is 13.1. The highest BCUT2D eigenvalue weighted by molar-refractivity contribution is 7.89. The molecule has 4 rings (SSSR count). The van der Waals surface area contributed by atoms with Gasteiger partial charge >= 0.3 is 0 Å². The van der Waals surface area contributed by atoms with Gasteiger partial charge in [0.15, 0.2) is 0 Å². The van der Waals surface area contributed by atoms with E-state index in [9.17, 15) is 13.2 Å². The highest BCUT2D eigenvalue weighted by atomic mass is 32.2. The molecule has 4 N–H and O–H groups in total. The van der Waals surface area contributed by atoms with Crippen LogP contribution >= 0.6 is 0 Å². The quantitative estimate of drug-likeness (QED) is 0.322. The summed E-state index contributed by atoms with van der Waals surface area (Å²) in [5, 5.41) is 12.8. The molecule has 1 atom stereocenters. The molecule has 3 heterocycles. The fourth-order valence-electron chi connectivity index (χ4n) is 4.33. The largest absolute Gasteiger partial charge is 0.379 e. The number of piperidine rings is 1. The van der Waals surface area contributed by atoms with Gasteiger partial charge in [-0.05, 0) is 62.5 Å². The fourth-order valence-corrected chi connectivity index (χ4v) is 5.74. The SMILES string of the molecule is CCCCNc1ncc(C(=O)Nc2ccc(S(=O)(=O)N3CCOCC3)cc2)c(NC[C@@H]2CCCNC2)n1. The van der Waals surface area contributed by atoms with Crippen molar-refractivity contribution in [2.75, 3.05) is 68.4 Å². The van der Waals surface area contributed by atoms with E-state index in [1.807, 2.05) is 0 Å². The van der Waals surface area contributed by atoms with Crippen LogP contribution in [0.2, 0.25) is 0 Å². The van der Waals surface area contributed by atoms with E-state index in [1.165, 1.54) is 22.6 Å². The van der Waals surface area contributed by atoms with Crippen LogP contribution in [-0.4, -0.2) is 81.1 Å². The predicted octanol–water partition coefficient (Wildman–Crippen LogP) is 2.37. The number of carbonyl (C=O) groups excluding carboxylic acids is 1. The zero-order valence-electron chi connectivity index (χ0n) is 21.3. The molecule has 2 aromatic rings. The van der Waals surface area contributed by atoms with E-state index in [0.717, 1.165) is 45.3 Å². The molecule has 202 valence electrons. The highest BCUT2D eigenvalue weighted by Crippen LogP contribution is 2.22. The van der Waals surface area contributed by atoms with Crippen molar-refractivity contribution in [2.24, 2.45) is 5.92 Å². The van der Waals surface area contributed by atoms with E-state index in [0.29, 0.717) is 61.8 Å². The Labute approximate surface area is 218 Å². The van der Waals surface area contributed by atoms with Gasteiger partial charge in [-0.15, -0.1) is 0 Å². The average molecular weight is 532 g/mol. The number of nitrogens with zero attached hydrogens (tertiary/aromatic N) is 3. The number of benzene rings is 1. The third kappa shape index (κ3) is 7.37. The summed E-state index contributed by atoms with van der Waals surface area (Å²) in [6.45, 7) is 6.97. The number of amides is 1. The van der Waals surface area contributed by atoms with Crippen LogP contribution in [0.3, 0.4) is 0 Å². The van der Waals surface area contributed by atoms with Gasteiger partial charge < -0.3 is 26.0 Å². The first kappa shape index (κ1) is 27.2. The third-order valence-corrected chi connectivity index (χ3v) is 8.44. The van der Waals surface area contributed by atoms with Gasteiger partial charge in [-0.1, -0.05) is 13.3 Å². The lowest BCUT2D eigenvalue weighted by molar-refractivity contribution is 0.0730. The zero-order chi connectivity index (χ0) is 26.1. The highest BCUT2D eigenvalue weighted by Gasteiger charge is 2.26. The maximum absolute atomic E-state index is 13.2. The molecule has 12 heteroatoms. The van der Waals surface area contributed by atoms with Gasteiger partial charge in [0.2, 0.25) is 16.0 Å². The summed E-state index contributed by atoms with van der Waals surface area (Å²) in [6, 6.07) is 6.20. The molecule has 37 heavy (non-hydrogen) atoms. The van der Waals surface area contributed by atoms with E-state index in [2.05, 4.69) is 38.2 Å². The molecule has 1 aromatic heterocycles. The molecule has 11 nitrogen and oxygen atoms in total. The van der Waals surface area contributed by atoms with Crippen molar-refractivity contribution in [3.8, 4) is 0 Å². The number of aromatic nitrogens is 2. The monoisotopic (exact) mass is 531 g/mol. The normalized spacial score (nSPS) is 18.8. The van der Waals surface area contributed by atoms with Gasteiger partial charge in [0, 0.05) is 38.1 Å². The van der Waals surface area contributed by atoms with Crippen molar-refractivity contribution in [1.82, 2.24) is 19.6 Å². The molecule has 0 saturated carbocycles. The third-order valence-electron chi connectivity index (χ3n) is 6.52. The predicted molar refractivity (Wildman–Crippen MR) is 143 cm³/mol. The lowest BCUT2D eigenvalue weighted by atomic mass is 10.00. The molecular formula is C25H37N7O4S. The van der Waals surface area contributed by atoms with Gasteiger partial charge in [-0.25, -0.2) is 13.4 Å². The van der Waals surface area contributed by atoms with Crippen LogP contribution < -0.4 is 21.3 Å². The summed E-state index contributed by atoms with van der Waals surface area (Å²) >= 11 is 0. The molecule has 1 aromatic carbocycles. The minimum Gasteiger partial charge on any atom is -0.379 e. The molecule has 2 aliphatic heterocycles. The average Bonchev–Trinajstić information content (AvgIpc) is 2.93. The fraction of sp³-hybridized carbons (Fsp3) is 0.560. The Bertz CT molecular complexity index is 1130. The van der Waals surface area contributed by atoms with E-state index in [-0.39, 0.29) is 10.8 Å². The number of rotatable bonds is 11. The van der Waals surface area contributed by atoms with Crippen LogP contribution in [0.4, 0.5) is 17.5 Å². The van der Waals surface area contributed by atoms with Crippen LogP contribution in [0.1, 0.15) is 43.0 Å². The van der Waals surface area contributed by atoms with Crippen molar-refractivity contribution < 1.29 is 17.9 Å². The first-order valence-electron chi connectivity index (χ1n) is 13.0. The first-order valence-corrected chi connectivity index (χ1v) is 14.5. The van der Waals surface area contributed by atoms with E-state index in [1.54, 1.807) is 12.1 Å². The Morgan fingerprint density at radius 2 is 1.97 bits per heavy atom. The van der Waals surface area contributed by atoms with Gasteiger partial charge in [0.25, 0.3) is 5.91 Å². The minimum absolute atomic E-state index is 0.182. The molecule has 0 aliphatic carbocycles. The van der Waals surface area contributed by atoms with E-state index < -0.39 is 10.0 Å². The number of ether oxygens (including phenoxy) is 1. The molecule has 1 amide bonds. The Balaban J connectivity index is 1.46. The maximum Gasteiger partial charge on any atom is 0.260 e. The Hall–Kier alpha value is -2.80. The maximum atomic E-state index is 13.2.